The highest BCUT2D eigenvalue weighted by Crippen LogP contribution is 2.38. The number of amides is 1. The van der Waals surface area contributed by atoms with E-state index in [0.717, 1.165) is 24.8 Å². The molecule has 5 rings (SSSR count). The van der Waals surface area contributed by atoms with Crippen LogP contribution in [0.2, 0.25) is 0 Å². The van der Waals surface area contributed by atoms with Gasteiger partial charge in [-0.25, -0.2) is 4.79 Å². The Kier molecular flexibility index (Phi) is 24.8. The van der Waals surface area contributed by atoms with Crippen LogP contribution in [0.15, 0.2) is 47.6 Å². The standard InChI is InChI=1S/C58H91NO15/c1-36-15-11-10-12-16-37(2)49(72-35-43-22-26-70-27-23-43)33-45-20-18-42(7)58(67,74-45)55(64)56(65)59-24-14-13-17-46(59)57(66)73-50(39(4)31-44-19-21-48(71-28-25-60)51(32-44)68-8)34-47(61)38(3)30-41(6)53(63)54(69-9)52(62)40(5)29-36/h10-12,15-16,30,36,38-40,42-46,48-51,53-54,60,63,67H,13-14,17-29,31-35H2,1-9H3/b12-10+,15-11+,37-16+,41-30+/t36-,38-,39-,40-,42-,44+,45+,46?,48-,49?,50+,51-,53-,54+,58-/m1/s1. The number of esters is 1. The Bertz CT molecular complexity index is 1960. The Morgan fingerprint density at radius 1 is 0.824 bits per heavy atom. The van der Waals surface area contributed by atoms with Gasteiger partial charge in [-0.15, -0.1) is 0 Å². The van der Waals surface area contributed by atoms with Gasteiger partial charge in [0.1, 0.15) is 30.1 Å². The van der Waals surface area contributed by atoms with Gasteiger partial charge in [-0.05, 0) is 126 Å². The number of ketones is 3. The molecule has 16 nitrogen and oxygen atoms in total. The lowest BCUT2D eigenvalue weighted by atomic mass is 9.78. The molecule has 1 aliphatic carbocycles. The van der Waals surface area contributed by atoms with E-state index in [1.165, 1.54) is 12.0 Å². The molecule has 3 N–H and O–H groups in total. The van der Waals surface area contributed by atoms with E-state index in [9.17, 15) is 39.3 Å². The zero-order chi connectivity index (χ0) is 54.1. The Balaban J connectivity index is 1.47. The number of carbonyl (C=O) groups is 5. The first-order valence-corrected chi connectivity index (χ1v) is 27.7. The highest BCUT2D eigenvalue weighted by Gasteiger charge is 2.53. The van der Waals surface area contributed by atoms with Crippen molar-refractivity contribution in [2.45, 2.75) is 193 Å². The molecule has 15 atom stereocenters. The Hall–Kier alpha value is -3.45. The summed E-state index contributed by atoms with van der Waals surface area (Å²) in [6.45, 7) is 14.8. The fourth-order valence-corrected chi connectivity index (χ4v) is 11.6. The van der Waals surface area contributed by atoms with Crippen LogP contribution in [0.4, 0.5) is 0 Å². The number of carbonyl (C=O) groups excluding carboxylic acids is 5. The van der Waals surface area contributed by atoms with Gasteiger partial charge in [-0.2, -0.15) is 0 Å². The summed E-state index contributed by atoms with van der Waals surface area (Å²) in [7, 11) is 3.02. The number of hydrogen-bond acceptors (Lipinski definition) is 15. The molecule has 418 valence electrons. The molecule has 74 heavy (non-hydrogen) atoms. The van der Waals surface area contributed by atoms with Crippen LogP contribution in [0.1, 0.15) is 138 Å². The molecule has 0 radical (unpaired) electrons. The lowest BCUT2D eigenvalue weighted by Crippen LogP contribution is -2.61. The maximum Gasteiger partial charge on any atom is 0.329 e. The maximum absolute atomic E-state index is 14.6. The summed E-state index contributed by atoms with van der Waals surface area (Å²) < 4.78 is 42.2. The molecule has 4 fully saturated rings. The van der Waals surface area contributed by atoms with Gasteiger partial charge in [0.2, 0.25) is 5.79 Å². The molecule has 4 aliphatic heterocycles. The van der Waals surface area contributed by atoms with Crippen molar-refractivity contribution < 1.29 is 72.5 Å². The molecular weight excluding hydrogens is 951 g/mol. The number of aliphatic hydroxyl groups excluding tert-OH is 2. The number of cyclic esters (lactones) is 1. The third kappa shape index (κ3) is 17.0. The summed E-state index contributed by atoms with van der Waals surface area (Å²) in [6.07, 6.45) is 13.8. The van der Waals surface area contributed by atoms with Crippen molar-refractivity contribution in [3.8, 4) is 0 Å². The fraction of sp³-hybridized carbons (Fsp3) is 0.776. The van der Waals surface area contributed by atoms with Gasteiger partial charge in [0.15, 0.2) is 5.78 Å². The number of ether oxygens (including phenoxy) is 7. The third-order valence-electron chi connectivity index (χ3n) is 16.5. The number of aliphatic hydroxyl groups is 3. The predicted octanol–water partition coefficient (Wildman–Crippen LogP) is 6.99. The minimum Gasteiger partial charge on any atom is -0.460 e. The van der Waals surface area contributed by atoms with Gasteiger partial charge in [-0.1, -0.05) is 71.1 Å². The van der Waals surface area contributed by atoms with Crippen LogP contribution in [0.5, 0.6) is 0 Å². The summed E-state index contributed by atoms with van der Waals surface area (Å²) in [5, 5.41) is 33.2. The highest BCUT2D eigenvalue weighted by atomic mass is 16.6. The van der Waals surface area contributed by atoms with Crippen LogP contribution < -0.4 is 0 Å². The van der Waals surface area contributed by atoms with E-state index in [1.807, 2.05) is 58.1 Å². The van der Waals surface area contributed by atoms with Crippen LogP contribution in [-0.4, -0.2) is 158 Å². The smallest absolute Gasteiger partial charge is 0.329 e. The highest BCUT2D eigenvalue weighted by molar-refractivity contribution is 6.39. The first-order chi connectivity index (χ1) is 35.3. The molecule has 0 spiro atoms. The van der Waals surface area contributed by atoms with Crippen LogP contribution in [0.25, 0.3) is 0 Å². The SMILES string of the molecule is CO[C@@H]1C[C@H](C[C@@H](C)[C@@H]2CC(=O)[C@H](C)/C=C(\C)[C@@H](O)[C@@H](OC)C(=O)[C@H](C)C[C@H](C)/C=C/C=C/C=C(\C)C(OCC3CCOCC3)C[C@@H]3CC[C@@H](C)[C@@](O)(O3)C(=O)C(=O)N3CCCCC3C(=O)O2)CC[C@H]1OCCO. The monoisotopic (exact) mass is 1040 g/mol. The summed E-state index contributed by atoms with van der Waals surface area (Å²) in [6, 6.07) is -1.15. The first-order valence-electron chi connectivity index (χ1n) is 27.7. The minimum absolute atomic E-state index is 0.00546. The first kappa shape index (κ1) is 61.4. The number of allylic oxidation sites excluding steroid dienone is 6. The minimum atomic E-state index is -2.45. The van der Waals surface area contributed by atoms with Gasteiger partial charge in [0.05, 0.1) is 44.2 Å². The number of hydrogen-bond donors (Lipinski definition) is 3. The molecular formula is C58H91NO15. The quantitative estimate of drug-likeness (QED) is 0.108. The van der Waals surface area contributed by atoms with E-state index in [4.69, 9.17) is 33.2 Å². The molecule has 3 saturated heterocycles. The number of Topliss-reactive ketones (excluding diaryl/α,β-unsaturated/α-hetero) is 3. The number of fused-ring (bicyclic) bond motifs is 3. The normalized spacial score (nSPS) is 38.5. The van der Waals surface area contributed by atoms with Crippen molar-refractivity contribution in [3.63, 3.8) is 0 Å². The van der Waals surface area contributed by atoms with E-state index in [1.54, 1.807) is 34.0 Å². The molecule has 0 aromatic rings. The molecule has 16 heteroatoms. The Labute approximate surface area is 440 Å². The fourth-order valence-electron chi connectivity index (χ4n) is 11.6. The molecule has 2 bridgehead atoms. The second-order valence-electron chi connectivity index (χ2n) is 22.3. The second-order valence-corrected chi connectivity index (χ2v) is 22.3. The maximum atomic E-state index is 14.6. The number of piperidine rings is 1. The molecule has 5 aliphatic rings. The third-order valence-corrected chi connectivity index (χ3v) is 16.5. The zero-order valence-electron chi connectivity index (χ0n) is 46.0. The van der Waals surface area contributed by atoms with Crippen molar-refractivity contribution in [2.75, 3.05) is 53.8 Å². The average Bonchev–Trinajstić information content (AvgIpc) is 3.39. The summed E-state index contributed by atoms with van der Waals surface area (Å²) in [5.74, 6) is -7.71. The van der Waals surface area contributed by atoms with Crippen LogP contribution in [0.3, 0.4) is 0 Å². The van der Waals surface area contributed by atoms with E-state index in [-0.39, 0.29) is 74.1 Å². The van der Waals surface area contributed by atoms with Gasteiger partial charge in [0.25, 0.3) is 11.7 Å². The van der Waals surface area contributed by atoms with Crippen molar-refractivity contribution in [1.29, 1.82) is 0 Å². The van der Waals surface area contributed by atoms with E-state index in [0.29, 0.717) is 89.1 Å². The molecule has 4 heterocycles. The lowest BCUT2D eigenvalue weighted by molar-refractivity contribution is -0.266. The molecule has 2 unspecified atom stereocenters. The topological polar surface area (TPSA) is 214 Å². The Morgan fingerprint density at radius 2 is 1.57 bits per heavy atom. The van der Waals surface area contributed by atoms with Crippen molar-refractivity contribution >= 4 is 29.2 Å². The van der Waals surface area contributed by atoms with Crippen molar-refractivity contribution in [2.24, 2.45) is 41.4 Å². The van der Waals surface area contributed by atoms with E-state index < -0.39 is 77.8 Å². The summed E-state index contributed by atoms with van der Waals surface area (Å²) >= 11 is 0. The lowest BCUT2D eigenvalue weighted by Gasteiger charge is -2.43. The average molecular weight is 1040 g/mol. The van der Waals surface area contributed by atoms with Gasteiger partial charge in [-0.3, -0.25) is 19.2 Å². The van der Waals surface area contributed by atoms with Gasteiger partial charge < -0.3 is 53.4 Å². The van der Waals surface area contributed by atoms with E-state index >= 15 is 0 Å². The van der Waals surface area contributed by atoms with Crippen LogP contribution in [-0.2, 0) is 57.1 Å². The molecule has 0 aromatic carbocycles. The van der Waals surface area contributed by atoms with Gasteiger partial charge in [0, 0.05) is 64.6 Å². The van der Waals surface area contributed by atoms with Crippen LogP contribution in [0, 0.1) is 41.4 Å². The number of methoxy groups -OCH3 is 2. The molecule has 1 amide bonds. The van der Waals surface area contributed by atoms with Gasteiger partial charge >= 0.3 is 5.97 Å². The second kappa shape index (κ2) is 29.9. The summed E-state index contributed by atoms with van der Waals surface area (Å²) in [5.41, 5.74) is 1.30. The van der Waals surface area contributed by atoms with E-state index in [2.05, 4.69) is 0 Å². The number of nitrogens with zero attached hydrogens (tertiary/aromatic N) is 1. The predicted molar refractivity (Wildman–Crippen MR) is 278 cm³/mol. The van der Waals surface area contributed by atoms with Crippen LogP contribution >= 0.6 is 0 Å². The molecule has 0 aromatic heterocycles. The Morgan fingerprint density at radius 3 is 2.27 bits per heavy atom. The number of rotatable bonds is 11. The van der Waals surface area contributed by atoms with Crippen molar-refractivity contribution in [1.82, 2.24) is 4.90 Å². The largest absolute Gasteiger partial charge is 0.460 e. The summed E-state index contributed by atoms with van der Waals surface area (Å²) in [4.78, 5) is 72.9. The molecule has 1 saturated carbocycles. The van der Waals surface area contributed by atoms with Crippen molar-refractivity contribution in [3.05, 3.63) is 47.6 Å². The zero-order valence-corrected chi connectivity index (χ0v) is 46.0.